The van der Waals surface area contributed by atoms with Crippen molar-refractivity contribution in [2.45, 2.75) is 18.9 Å². The smallest absolute Gasteiger partial charge is 0.0583 e. The number of nitrogens with two attached hydrogens (primary N) is 1. The molecule has 0 radical (unpaired) electrons. The van der Waals surface area contributed by atoms with Gasteiger partial charge in [-0.2, -0.15) is 0 Å². The van der Waals surface area contributed by atoms with E-state index in [2.05, 4.69) is 4.90 Å². The molecule has 0 bridgehead atoms. The second-order valence-electron chi connectivity index (χ2n) is 4.16. The van der Waals surface area contributed by atoms with Gasteiger partial charge in [0, 0.05) is 6.54 Å². The zero-order valence-corrected chi connectivity index (χ0v) is 8.03. The van der Waals surface area contributed by atoms with Crippen LogP contribution in [0.25, 0.3) is 0 Å². The topological polar surface area (TPSA) is 49.5 Å². The van der Waals surface area contributed by atoms with Crippen molar-refractivity contribution in [1.82, 2.24) is 4.90 Å². The van der Waals surface area contributed by atoms with E-state index in [1.807, 2.05) is 14.1 Å². The van der Waals surface area contributed by atoms with Crippen molar-refractivity contribution in [3.05, 3.63) is 0 Å². The number of aliphatic hydroxyl groups excluding tert-OH is 1. The fourth-order valence-corrected chi connectivity index (χ4v) is 2.07. The van der Waals surface area contributed by atoms with Crippen LogP contribution < -0.4 is 5.73 Å². The first-order valence-electron chi connectivity index (χ1n) is 4.66. The minimum Gasteiger partial charge on any atom is -0.393 e. The van der Waals surface area contributed by atoms with Gasteiger partial charge in [-0.3, -0.25) is 0 Å². The maximum absolute atomic E-state index is 9.66. The van der Waals surface area contributed by atoms with Crippen molar-refractivity contribution in [1.29, 1.82) is 0 Å². The van der Waals surface area contributed by atoms with Crippen LogP contribution in [0.2, 0.25) is 0 Å². The molecule has 3 unspecified atom stereocenters. The number of nitrogens with zero attached hydrogens (tertiary/aromatic N) is 1. The van der Waals surface area contributed by atoms with Crippen LogP contribution in [0.1, 0.15) is 12.8 Å². The molecule has 0 spiro atoms. The van der Waals surface area contributed by atoms with Crippen LogP contribution in [0.5, 0.6) is 0 Å². The maximum Gasteiger partial charge on any atom is 0.0583 e. The van der Waals surface area contributed by atoms with E-state index >= 15 is 0 Å². The molecule has 0 amide bonds. The molecule has 1 fully saturated rings. The van der Waals surface area contributed by atoms with Gasteiger partial charge in [0.15, 0.2) is 0 Å². The number of aliphatic hydroxyl groups is 1. The summed E-state index contributed by atoms with van der Waals surface area (Å²) in [5.41, 5.74) is 5.56. The monoisotopic (exact) mass is 172 g/mol. The average Bonchev–Trinajstić information content (AvgIpc) is 2.31. The van der Waals surface area contributed by atoms with Gasteiger partial charge in [-0.05, 0) is 45.3 Å². The van der Waals surface area contributed by atoms with Gasteiger partial charge in [-0.25, -0.2) is 0 Å². The van der Waals surface area contributed by atoms with E-state index in [0.717, 1.165) is 25.9 Å². The third kappa shape index (κ3) is 2.44. The Hall–Kier alpha value is -0.120. The molecular formula is C9H20N2O. The van der Waals surface area contributed by atoms with Crippen molar-refractivity contribution in [3.8, 4) is 0 Å². The fourth-order valence-electron chi connectivity index (χ4n) is 2.07. The van der Waals surface area contributed by atoms with Gasteiger partial charge in [0.2, 0.25) is 0 Å². The molecular weight excluding hydrogens is 152 g/mol. The lowest BCUT2D eigenvalue weighted by Gasteiger charge is -2.18. The van der Waals surface area contributed by atoms with Crippen LogP contribution in [0.15, 0.2) is 0 Å². The molecule has 3 atom stereocenters. The van der Waals surface area contributed by atoms with Gasteiger partial charge in [0.25, 0.3) is 0 Å². The van der Waals surface area contributed by atoms with E-state index in [0.29, 0.717) is 11.8 Å². The van der Waals surface area contributed by atoms with E-state index in [4.69, 9.17) is 5.73 Å². The Morgan fingerprint density at radius 2 is 2.08 bits per heavy atom. The standard InChI is InChI=1S/C9H20N2O/c1-11(2)6-8-3-7(5-10)4-9(8)12/h7-9,12H,3-6,10H2,1-2H3. The summed E-state index contributed by atoms with van der Waals surface area (Å²) < 4.78 is 0. The number of hydrogen-bond donors (Lipinski definition) is 2. The third-order valence-corrected chi connectivity index (χ3v) is 2.69. The molecule has 3 N–H and O–H groups in total. The zero-order valence-electron chi connectivity index (χ0n) is 8.03. The maximum atomic E-state index is 9.66. The number of hydrogen-bond acceptors (Lipinski definition) is 3. The molecule has 12 heavy (non-hydrogen) atoms. The fraction of sp³-hybridized carbons (Fsp3) is 1.00. The molecule has 1 rings (SSSR count). The van der Waals surface area contributed by atoms with Crippen molar-refractivity contribution in [2.24, 2.45) is 17.6 Å². The Kier molecular flexibility index (Phi) is 3.50. The summed E-state index contributed by atoms with van der Waals surface area (Å²) in [5.74, 6) is 0.985. The van der Waals surface area contributed by atoms with Gasteiger partial charge in [0.1, 0.15) is 0 Å². The Morgan fingerprint density at radius 1 is 1.42 bits per heavy atom. The second kappa shape index (κ2) is 4.21. The van der Waals surface area contributed by atoms with Crippen LogP contribution in [0.4, 0.5) is 0 Å². The van der Waals surface area contributed by atoms with E-state index in [1.54, 1.807) is 0 Å². The lowest BCUT2D eigenvalue weighted by atomic mass is 10.0. The summed E-state index contributed by atoms with van der Waals surface area (Å²) in [6.45, 7) is 1.71. The van der Waals surface area contributed by atoms with Crippen molar-refractivity contribution < 1.29 is 5.11 Å². The Morgan fingerprint density at radius 3 is 2.50 bits per heavy atom. The van der Waals surface area contributed by atoms with Gasteiger partial charge in [0.05, 0.1) is 6.10 Å². The Balaban J connectivity index is 2.35. The molecule has 72 valence electrons. The summed E-state index contributed by atoms with van der Waals surface area (Å²) in [4.78, 5) is 2.13. The molecule has 0 aliphatic heterocycles. The van der Waals surface area contributed by atoms with E-state index < -0.39 is 0 Å². The van der Waals surface area contributed by atoms with Crippen LogP contribution in [0.3, 0.4) is 0 Å². The minimum absolute atomic E-state index is 0.124. The highest BCUT2D eigenvalue weighted by molar-refractivity contribution is 4.84. The predicted molar refractivity (Wildman–Crippen MR) is 49.8 cm³/mol. The van der Waals surface area contributed by atoms with Crippen molar-refractivity contribution in [2.75, 3.05) is 27.2 Å². The van der Waals surface area contributed by atoms with Crippen molar-refractivity contribution in [3.63, 3.8) is 0 Å². The summed E-state index contributed by atoms with van der Waals surface area (Å²) in [5, 5.41) is 9.66. The quantitative estimate of drug-likeness (QED) is 0.624. The molecule has 1 aliphatic rings. The highest BCUT2D eigenvalue weighted by Crippen LogP contribution is 2.30. The van der Waals surface area contributed by atoms with Gasteiger partial charge >= 0.3 is 0 Å². The highest BCUT2D eigenvalue weighted by atomic mass is 16.3. The molecule has 3 heteroatoms. The summed E-state index contributed by atoms with van der Waals surface area (Å²) in [7, 11) is 4.09. The lowest BCUT2D eigenvalue weighted by Crippen LogP contribution is -2.26. The summed E-state index contributed by atoms with van der Waals surface area (Å²) in [6, 6.07) is 0. The Bertz CT molecular complexity index is 138. The van der Waals surface area contributed by atoms with E-state index in [9.17, 15) is 5.11 Å². The highest BCUT2D eigenvalue weighted by Gasteiger charge is 2.31. The molecule has 1 aliphatic carbocycles. The van der Waals surface area contributed by atoms with E-state index in [1.165, 1.54) is 0 Å². The van der Waals surface area contributed by atoms with Gasteiger partial charge < -0.3 is 15.7 Å². The third-order valence-electron chi connectivity index (χ3n) is 2.69. The molecule has 0 aromatic carbocycles. The van der Waals surface area contributed by atoms with E-state index in [-0.39, 0.29) is 6.10 Å². The van der Waals surface area contributed by atoms with Crippen LogP contribution in [-0.2, 0) is 0 Å². The van der Waals surface area contributed by atoms with Gasteiger partial charge in [-0.15, -0.1) is 0 Å². The Labute approximate surface area is 74.5 Å². The normalized spacial score (nSPS) is 36.2. The summed E-state index contributed by atoms with van der Waals surface area (Å²) in [6.07, 6.45) is 1.87. The molecule has 0 aromatic rings. The van der Waals surface area contributed by atoms with Crippen LogP contribution in [0, 0.1) is 11.8 Å². The largest absolute Gasteiger partial charge is 0.393 e. The summed E-state index contributed by atoms with van der Waals surface area (Å²) >= 11 is 0. The molecule has 1 saturated carbocycles. The van der Waals surface area contributed by atoms with Gasteiger partial charge in [-0.1, -0.05) is 0 Å². The average molecular weight is 172 g/mol. The first kappa shape index (κ1) is 9.96. The number of rotatable bonds is 3. The molecule has 3 nitrogen and oxygen atoms in total. The lowest BCUT2D eigenvalue weighted by molar-refractivity contribution is 0.114. The first-order chi connectivity index (χ1) is 5.63. The molecule has 0 heterocycles. The molecule has 0 saturated heterocycles. The predicted octanol–water partition coefficient (Wildman–Crippen LogP) is -0.106. The minimum atomic E-state index is -0.124. The zero-order chi connectivity index (χ0) is 9.14. The van der Waals surface area contributed by atoms with Crippen LogP contribution >= 0.6 is 0 Å². The van der Waals surface area contributed by atoms with Crippen LogP contribution in [-0.4, -0.2) is 43.3 Å². The first-order valence-corrected chi connectivity index (χ1v) is 4.66. The molecule has 0 aromatic heterocycles. The van der Waals surface area contributed by atoms with Crippen molar-refractivity contribution >= 4 is 0 Å². The second-order valence-corrected chi connectivity index (χ2v) is 4.16. The SMILES string of the molecule is CN(C)CC1CC(CN)CC1O.